The minimum absolute atomic E-state index is 0.274. The van der Waals surface area contributed by atoms with Crippen molar-refractivity contribution in [2.75, 3.05) is 0 Å². The number of hydrogen-bond acceptors (Lipinski definition) is 6. The second kappa shape index (κ2) is 9.29. The Morgan fingerprint density at radius 2 is 1.78 bits per heavy atom. The Morgan fingerprint density at radius 3 is 2.61 bits per heavy atom. The molecule has 1 N–H and O–H groups in total. The number of thioether (sulfide) groups is 1. The molecule has 9 heteroatoms. The van der Waals surface area contributed by atoms with Gasteiger partial charge in [0, 0.05) is 21.6 Å². The van der Waals surface area contributed by atoms with Crippen LogP contribution in [0.5, 0.6) is 0 Å². The Kier molecular flexibility index (Phi) is 5.83. The van der Waals surface area contributed by atoms with Crippen molar-refractivity contribution in [2.45, 2.75) is 11.9 Å². The molecule has 3 aromatic carbocycles. The van der Waals surface area contributed by atoms with Crippen molar-refractivity contribution in [1.29, 1.82) is 0 Å². The van der Waals surface area contributed by atoms with Crippen LogP contribution in [0, 0.1) is 5.82 Å². The molecule has 0 saturated carbocycles. The first-order chi connectivity index (χ1) is 17.6. The van der Waals surface area contributed by atoms with E-state index in [0.29, 0.717) is 43.7 Å². The zero-order valence-electron chi connectivity index (χ0n) is 18.7. The van der Waals surface area contributed by atoms with E-state index in [0.717, 1.165) is 11.1 Å². The molecule has 0 unspecified atom stereocenters. The van der Waals surface area contributed by atoms with Gasteiger partial charge in [-0.3, -0.25) is 10.1 Å². The number of benzene rings is 3. The zero-order valence-corrected chi connectivity index (χ0v) is 20.3. The Bertz CT molecular complexity index is 1630. The fourth-order valence-corrected chi connectivity index (χ4v) is 5.24. The fourth-order valence-electron chi connectivity index (χ4n) is 4.10. The molecule has 0 spiro atoms. The summed E-state index contributed by atoms with van der Waals surface area (Å²) >= 11 is 7.68. The number of hydrazone groups is 1. The standard InChI is InChI=1S/C27H18ClFN4O2S/c28-20-7-3-1-5-17(20)15-36-27-31-26(34)24-19-6-2-4-8-21(19)30-25(33(24)32-27)23-14-13-22(35-23)16-9-11-18(29)12-10-16/h1-14,25H,15H2,(H,31,32,34)/t25-/m0/s1. The quantitative estimate of drug-likeness (QED) is 0.422. The molecular formula is C27H18ClFN4O2S. The summed E-state index contributed by atoms with van der Waals surface area (Å²) in [6.07, 6.45) is -0.689. The van der Waals surface area contributed by atoms with E-state index in [-0.39, 0.29) is 11.7 Å². The number of fused-ring (bicyclic) bond motifs is 2. The van der Waals surface area contributed by atoms with E-state index >= 15 is 0 Å². The molecule has 1 aromatic heterocycles. The molecule has 3 heterocycles. The summed E-state index contributed by atoms with van der Waals surface area (Å²) in [5.74, 6) is 1.02. The molecule has 0 saturated heterocycles. The van der Waals surface area contributed by atoms with E-state index in [1.165, 1.54) is 23.9 Å². The predicted molar refractivity (Wildman–Crippen MR) is 138 cm³/mol. The summed E-state index contributed by atoms with van der Waals surface area (Å²) in [4.78, 5) is 18.2. The molecule has 2 aliphatic heterocycles. The van der Waals surface area contributed by atoms with Gasteiger partial charge < -0.3 is 4.42 Å². The van der Waals surface area contributed by atoms with Gasteiger partial charge in [-0.25, -0.2) is 14.4 Å². The maximum Gasteiger partial charge on any atom is 0.276 e. The molecule has 0 bridgehead atoms. The molecule has 1 amide bonds. The van der Waals surface area contributed by atoms with Crippen LogP contribution in [0.2, 0.25) is 5.02 Å². The first-order valence-corrected chi connectivity index (χ1v) is 12.5. The van der Waals surface area contributed by atoms with E-state index in [1.807, 2.05) is 48.5 Å². The van der Waals surface area contributed by atoms with Crippen LogP contribution in [0.1, 0.15) is 17.5 Å². The lowest BCUT2D eigenvalue weighted by Crippen LogP contribution is -2.50. The molecule has 36 heavy (non-hydrogen) atoms. The number of amidine groups is 1. The van der Waals surface area contributed by atoms with Crippen LogP contribution in [-0.4, -0.2) is 16.1 Å². The minimum Gasteiger partial charge on any atom is -0.457 e. The van der Waals surface area contributed by atoms with Crippen LogP contribution in [-0.2, 0) is 10.5 Å². The van der Waals surface area contributed by atoms with Crippen LogP contribution < -0.4 is 15.9 Å². The molecule has 0 fully saturated rings. The number of nitrogens with one attached hydrogen (secondary N) is 1. The van der Waals surface area contributed by atoms with E-state index in [9.17, 15) is 9.18 Å². The van der Waals surface area contributed by atoms with Crippen molar-refractivity contribution < 1.29 is 13.6 Å². The number of furan rings is 1. The summed E-state index contributed by atoms with van der Waals surface area (Å²) in [6, 6.07) is 24.7. The van der Waals surface area contributed by atoms with E-state index < -0.39 is 6.17 Å². The predicted octanol–water partition coefficient (Wildman–Crippen LogP) is 4.82. The Morgan fingerprint density at radius 1 is 1.00 bits per heavy atom. The van der Waals surface area contributed by atoms with Crippen LogP contribution in [0.4, 0.5) is 4.39 Å². The maximum absolute atomic E-state index is 13.4. The smallest absolute Gasteiger partial charge is 0.276 e. The van der Waals surface area contributed by atoms with Crippen LogP contribution in [0.25, 0.3) is 17.0 Å². The minimum atomic E-state index is -0.689. The number of carbonyl (C=O) groups excluding carboxylic acids is 1. The average Bonchev–Trinajstić information content (AvgIpc) is 3.38. The summed E-state index contributed by atoms with van der Waals surface area (Å²) < 4.78 is 19.5. The molecule has 2 aliphatic rings. The van der Waals surface area contributed by atoms with Gasteiger partial charge in [0.15, 0.2) is 10.9 Å². The zero-order chi connectivity index (χ0) is 24.6. The van der Waals surface area contributed by atoms with Crippen molar-refractivity contribution in [3.8, 4) is 11.3 Å². The topological polar surface area (TPSA) is 70.2 Å². The van der Waals surface area contributed by atoms with Crippen molar-refractivity contribution in [3.05, 3.63) is 118 Å². The summed E-state index contributed by atoms with van der Waals surface area (Å²) in [5.41, 5.74) is 2.07. The lowest BCUT2D eigenvalue weighted by molar-refractivity contribution is -0.116. The maximum atomic E-state index is 13.4. The number of nitrogens with zero attached hydrogens (tertiary/aromatic N) is 3. The second-order valence-electron chi connectivity index (χ2n) is 8.16. The highest BCUT2D eigenvalue weighted by Gasteiger charge is 2.36. The summed E-state index contributed by atoms with van der Waals surface area (Å²) in [6.45, 7) is 0. The second-order valence-corrected chi connectivity index (χ2v) is 9.53. The summed E-state index contributed by atoms with van der Waals surface area (Å²) in [7, 11) is 0. The van der Waals surface area contributed by atoms with Gasteiger partial charge in [0.05, 0.1) is 5.36 Å². The molecule has 6 nitrogen and oxygen atoms in total. The third-order valence-corrected chi connectivity index (χ3v) is 7.13. The fraction of sp³-hybridized carbons (Fsp3) is 0.0741. The Labute approximate surface area is 214 Å². The van der Waals surface area contributed by atoms with Gasteiger partial charge in [-0.15, -0.1) is 5.10 Å². The number of amides is 1. The highest BCUT2D eigenvalue weighted by Crippen LogP contribution is 2.34. The van der Waals surface area contributed by atoms with Crippen molar-refractivity contribution in [3.63, 3.8) is 0 Å². The Balaban J connectivity index is 1.39. The van der Waals surface area contributed by atoms with Gasteiger partial charge >= 0.3 is 0 Å². The highest BCUT2D eigenvalue weighted by molar-refractivity contribution is 8.13. The van der Waals surface area contributed by atoms with Crippen molar-refractivity contribution >= 4 is 40.1 Å². The molecule has 6 rings (SSSR count). The molecule has 0 aliphatic carbocycles. The number of halogens is 2. The van der Waals surface area contributed by atoms with Crippen LogP contribution in [0.15, 0.2) is 99.4 Å². The third-order valence-electron chi connectivity index (χ3n) is 5.85. The normalized spacial score (nSPS) is 16.6. The lowest BCUT2D eigenvalue weighted by Gasteiger charge is -2.32. The van der Waals surface area contributed by atoms with Gasteiger partial charge in [0.2, 0.25) is 6.17 Å². The number of rotatable bonds is 4. The number of hydrogen-bond donors (Lipinski definition) is 1. The monoisotopic (exact) mass is 516 g/mol. The SMILES string of the molecule is O=C1NC(SCc2ccccc2Cl)=NN2C1=c1ccccc1=N[C@@H]2c1ccc(-c2ccc(F)cc2)o1. The number of carbonyl (C=O) groups is 1. The van der Waals surface area contributed by atoms with Crippen LogP contribution >= 0.6 is 23.4 Å². The van der Waals surface area contributed by atoms with Gasteiger partial charge in [-0.2, -0.15) is 0 Å². The van der Waals surface area contributed by atoms with Gasteiger partial charge in [0.25, 0.3) is 5.91 Å². The third kappa shape index (κ3) is 4.19. The van der Waals surface area contributed by atoms with Crippen LogP contribution in [0.3, 0.4) is 0 Å². The molecule has 4 aromatic rings. The van der Waals surface area contributed by atoms with Crippen molar-refractivity contribution in [1.82, 2.24) is 10.3 Å². The first kappa shape index (κ1) is 22.6. The average molecular weight is 517 g/mol. The first-order valence-electron chi connectivity index (χ1n) is 11.1. The van der Waals surface area contributed by atoms with Crippen molar-refractivity contribution in [2.24, 2.45) is 10.1 Å². The summed E-state index contributed by atoms with van der Waals surface area (Å²) in [5, 5.41) is 11.7. The highest BCUT2D eigenvalue weighted by atomic mass is 35.5. The van der Waals surface area contributed by atoms with Gasteiger partial charge in [0.1, 0.15) is 17.3 Å². The van der Waals surface area contributed by atoms with Gasteiger partial charge in [-0.05, 0) is 54.1 Å². The lowest BCUT2D eigenvalue weighted by atomic mass is 10.1. The Hall–Kier alpha value is -3.88. The van der Waals surface area contributed by atoms with E-state index in [4.69, 9.17) is 26.1 Å². The molecular weight excluding hydrogens is 499 g/mol. The molecule has 0 radical (unpaired) electrons. The van der Waals surface area contributed by atoms with E-state index in [2.05, 4.69) is 5.32 Å². The number of para-hydroxylation sites is 1. The molecule has 1 atom stereocenters. The van der Waals surface area contributed by atoms with Gasteiger partial charge in [-0.1, -0.05) is 59.8 Å². The van der Waals surface area contributed by atoms with E-state index in [1.54, 1.807) is 29.3 Å². The largest absolute Gasteiger partial charge is 0.457 e. The molecule has 178 valence electrons.